The van der Waals surface area contributed by atoms with Gasteiger partial charge in [-0.1, -0.05) is 6.92 Å². The minimum absolute atomic E-state index is 0.176. The fraction of sp³-hybridized carbons (Fsp3) is 0.733. The molecule has 21 heavy (non-hydrogen) atoms. The number of rotatable bonds is 6. The van der Waals surface area contributed by atoms with E-state index >= 15 is 0 Å². The first kappa shape index (κ1) is 16.2. The molecule has 0 amide bonds. The fourth-order valence-electron chi connectivity index (χ4n) is 2.68. The Balaban J connectivity index is 1.87. The number of ether oxygens (including phenoxy) is 1. The number of anilines is 1. The van der Waals surface area contributed by atoms with Crippen LogP contribution in [0, 0.1) is 0 Å². The minimum atomic E-state index is -0.176. The average molecular weight is 311 g/mol. The standard InChI is InChI=1S/C15H25N3O2S/c1-4-18-9-7-13(8-10-18)17(2)15-16-12(11-21-15)5-6-14(19)20-3/h11,13H,4-10H2,1-3H3. The number of carbonyl (C=O) groups excluding carboxylic acids is 1. The minimum Gasteiger partial charge on any atom is -0.469 e. The number of thiazole rings is 1. The topological polar surface area (TPSA) is 45.7 Å². The van der Waals surface area contributed by atoms with Crippen molar-refractivity contribution in [1.82, 2.24) is 9.88 Å². The van der Waals surface area contributed by atoms with Crippen molar-refractivity contribution < 1.29 is 9.53 Å². The van der Waals surface area contributed by atoms with Crippen LogP contribution in [0.1, 0.15) is 31.9 Å². The van der Waals surface area contributed by atoms with Crippen LogP contribution in [0.2, 0.25) is 0 Å². The van der Waals surface area contributed by atoms with Crippen LogP contribution in [0.5, 0.6) is 0 Å². The van der Waals surface area contributed by atoms with Crippen LogP contribution in [0.15, 0.2) is 5.38 Å². The first-order chi connectivity index (χ1) is 10.1. The van der Waals surface area contributed by atoms with Gasteiger partial charge in [-0.3, -0.25) is 4.79 Å². The SMILES string of the molecule is CCN1CCC(N(C)c2nc(CCC(=O)OC)cs2)CC1. The van der Waals surface area contributed by atoms with E-state index in [-0.39, 0.29) is 5.97 Å². The Kier molecular flexibility index (Phi) is 5.99. The highest BCUT2D eigenvalue weighted by atomic mass is 32.1. The zero-order chi connectivity index (χ0) is 15.2. The van der Waals surface area contributed by atoms with E-state index in [9.17, 15) is 4.79 Å². The van der Waals surface area contributed by atoms with E-state index < -0.39 is 0 Å². The molecule has 0 unspecified atom stereocenters. The second-order valence-corrected chi connectivity index (χ2v) is 6.31. The summed E-state index contributed by atoms with van der Waals surface area (Å²) >= 11 is 1.67. The molecule has 0 saturated carbocycles. The van der Waals surface area contributed by atoms with E-state index in [2.05, 4.69) is 38.9 Å². The summed E-state index contributed by atoms with van der Waals surface area (Å²) in [6, 6.07) is 0.576. The van der Waals surface area contributed by atoms with Crippen LogP contribution in [-0.4, -0.2) is 55.7 Å². The van der Waals surface area contributed by atoms with Gasteiger partial charge in [0.05, 0.1) is 19.2 Å². The van der Waals surface area contributed by atoms with Crippen molar-refractivity contribution in [2.24, 2.45) is 0 Å². The zero-order valence-electron chi connectivity index (χ0n) is 13.2. The maximum Gasteiger partial charge on any atom is 0.305 e. The summed E-state index contributed by atoms with van der Waals surface area (Å²) in [5, 5.41) is 3.11. The van der Waals surface area contributed by atoms with Crippen molar-refractivity contribution >= 4 is 22.4 Å². The van der Waals surface area contributed by atoms with Gasteiger partial charge in [-0.2, -0.15) is 0 Å². The fourth-order valence-corrected chi connectivity index (χ4v) is 3.58. The van der Waals surface area contributed by atoms with Gasteiger partial charge in [0.25, 0.3) is 0 Å². The number of methoxy groups -OCH3 is 1. The Hall–Kier alpha value is -1.14. The number of likely N-dealkylation sites (tertiary alicyclic amines) is 1. The molecule has 0 spiro atoms. The van der Waals surface area contributed by atoms with Crippen LogP contribution in [0.3, 0.4) is 0 Å². The molecule has 0 aromatic carbocycles. The van der Waals surface area contributed by atoms with E-state index in [1.807, 2.05) is 0 Å². The number of carbonyl (C=O) groups is 1. The Morgan fingerprint density at radius 3 is 2.86 bits per heavy atom. The molecule has 1 aliphatic rings. The average Bonchev–Trinajstić information content (AvgIpc) is 3.00. The molecule has 5 nitrogen and oxygen atoms in total. The van der Waals surface area contributed by atoms with Gasteiger partial charge in [0.2, 0.25) is 0 Å². The summed E-state index contributed by atoms with van der Waals surface area (Å²) in [4.78, 5) is 20.6. The van der Waals surface area contributed by atoms with Gasteiger partial charge in [0.15, 0.2) is 5.13 Å². The lowest BCUT2D eigenvalue weighted by atomic mass is 10.0. The molecule has 6 heteroatoms. The van der Waals surface area contributed by atoms with Crippen LogP contribution < -0.4 is 4.90 Å². The van der Waals surface area contributed by atoms with E-state index in [1.165, 1.54) is 33.0 Å². The predicted octanol–water partition coefficient (Wildman–Crippen LogP) is 2.17. The third-order valence-corrected chi connectivity index (χ3v) is 5.19. The van der Waals surface area contributed by atoms with Crippen molar-refractivity contribution in [2.75, 3.05) is 38.7 Å². The highest BCUT2D eigenvalue weighted by molar-refractivity contribution is 7.13. The number of aryl methyl sites for hydroxylation is 1. The highest BCUT2D eigenvalue weighted by Gasteiger charge is 2.23. The van der Waals surface area contributed by atoms with Crippen molar-refractivity contribution in [3.63, 3.8) is 0 Å². The lowest BCUT2D eigenvalue weighted by molar-refractivity contribution is -0.140. The smallest absolute Gasteiger partial charge is 0.305 e. The van der Waals surface area contributed by atoms with Crippen molar-refractivity contribution in [2.45, 2.75) is 38.6 Å². The van der Waals surface area contributed by atoms with Crippen LogP contribution in [-0.2, 0) is 16.0 Å². The second-order valence-electron chi connectivity index (χ2n) is 5.47. The molecule has 0 radical (unpaired) electrons. The van der Waals surface area contributed by atoms with Gasteiger partial charge in [0.1, 0.15) is 0 Å². The molecule has 0 bridgehead atoms. The molecule has 0 atom stereocenters. The molecule has 1 aromatic heterocycles. The first-order valence-electron chi connectivity index (χ1n) is 7.60. The van der Waals surface area contributed by atoms with Crippen molar-refractivity contribution in [3.8, 4) is 0 Å². The number of hydrogen-bond donors (Lipinski definition) is 0. The predicted molar refractivity (Wildman–Crippen MR) is 86.0 cm³/mol. The molecule has 1 aliphatic heterocycles. The van der Waals surface area contributed by atoms with Gasteiger partial charge < -0.3 is 14.5 Å². The van der Waals surface area contributed by atoms with E-state index in [0.717, 1.165) is 17.4 Å². The molecule has 2 heterocycles. The molecular formula is C15H25N3O2S. The maximum atomic E-state index is 11.2. The Bertz CT molecular complexity index is 456. The number of aromatic nitrogens is 1. The zero-order valence-corrected chi connectivity index (χ0v) is 14.0. The largest absolute Gasteiger partial charge is 0.469 e. The molecular weight excluding hydrogens is 286 g/mol. The van der Waals surface area contributed by atoms with E-state index in [1.54, 1.807) is 11.3 Å². The third kappa shape index (κ3) is 4.41. The maximum absolute atomic E-state index is 11.2. The normalized spacial score (nSPS) is 16.9. The number of hydrogen-bond acceptors (Lipinski definition) is 6. The Labute approximate surface area is 130 Å². The lowest BCUT2D eigenvalue weighted by Crippen LogP contribution is -2.43. The van der Waals surface area contributed by atoms with Crippen molar-refractivity contribution in [1.29, 1.82) is 0 Å². The summed E-state index contributed by atoms with van der Waals surface area (Å²) in [5.41, 5.74) is 0.984. The second kappa shape index (κ2) is 7.75. The number of piperidine rings is 1. The first-order valence-corrected chi connectivity index (χ1v) is 8.48. The molecule has 118 valence electrons. The van der Waals surface area contributed by atoms with Gasteiger partial charge in [0, 0.05) is 38.0 Å². The van der Waals surface area contributed by atoms with Gasteiger partial charge >= 0.3 is 5.97 Å². The summed E-state index contributed by atoms with van der Waals surface area (Å²) in [6.45, 7) is 5.71. The molecule has 0 aliphatic carbocycles. The molecule has 1 fully saturated rings. The summed E-state index contributed by atoms with van der Waals surface area (Å²) in [6.07, 6.45) is 3.45. The van der Waals surface area contributed by atoms with Crippen molar-refractivity contribution in [3.05, 3.63) is 11.1 Å². The summed E-state index contributed by atoms with van der Waals surface area (Å²) in [5.74, 6) is -0.176. The van der Waals surface area contributed by atoms with Crippen LogP contribution in [0.25, 0.3) is 0 Å². The highest BCUT2D eigenvalue weighted by Crippen LogP contribution is 2.25. The van der Waals surface area contributed by atoms with E-state index in [4.69, 9.17) is 0 Å². The van der Waals surface area contributed by atoms with Crippen LogP contribution >= 0.6 is 11.3 Å². The Morgan fingerprint density at radius 2 is 2.24 bits per heavy atom. The molecule has 1 saturated heterocycles. The quantitative estimate of drug-likeness (QED) is 0.754. The Morgan fingerprint density at radius 1 is 1.52 bits per heavy atom. The van der Waals surface area contributed by atoms with E-state index in [0.29, 0.717) is 18.9 Å². The third-order valence-electron chi connectivity index (χ3n) is 4.21. The summed E-state index contributed by atoms with van der Waals surface area (Å²) < 4.78 is 4.66. The number of nitrogens with zero attached hydrogens (tertiary/aromatic N) is 3. The summed E-state index contributed by atoms with van der Waals surface area (Å²) in [7, 11) is 3.56. The monoisotopic (exact) mass is 311 g/mol. The molecule has 0 N–H and O–H groups in total. The molecule has 2 rings (SSSR count). The lowest BCUT2D eigenvalue weighted by Gasteiger charge is -2.36. The number of esters is 1. The van der Waals surface area contributed by atoms with Gasteiger partial charge in [-0.05, 0) is 19.4 Å². The van der Waals surface area contributed by atoms with Gasteiger partial charge in [-0.25, -0.2) is 4.98 Å². The molecule has 1 aromatic rings. The van der Waals surface area contributed by atoms with Gasteiger partial charge in [-0.15, -0.1) is 11.3 Å². The van der Waals surface area contributed by atoms with Crippen LogP contribution in [0.4, 0.5) is 5.13 Å².